The van der Waals surface area contributed by atoms with E-state index in [1.807, 2.05) is 30.3 Å². The van der Waals surface area contributed by atoms with Gasteiger partial charge in [0.25, 0.3) is 0 Å². The molecule has 2 heterocycles. The lowest BCUT2D eigenvalue weighted by atomic mass is 10.2. The molecule has 8 nitrogen and oxygen atoms in total. The van der Waals surface area contributed by atoms with Crippen molar-refractivity contribution in [2.75, 3.05) is 12.0 Å². The Hall–Kier alpha value is -2.81. The zero-order valence-electron chi connectivity index (χ0n) is 13.2. The van der Waals surface area contributed by atoms with Gasteiger partial charge in [-0.1, -0.05) is 30.3 Å². The summed E-state index contributed by atoms with van der Waals surface area (Å²) < 4.78 is 5.42. The summed E-state index contributed by atoms with van der Waals surface area (Å²) in [5.41, 5.74) is 7.39. The van der Waals surface area contributed by atoms with E-state index >= 15 is 0 Å². The monoisotopic (exact) mass is 344 g/mol. The number of H-pyrrole nitrogens is 1. The molecule has 0 saturated carbocycles. The fraction of sp³-hybridized carbons (Fsp3) is 0.200. The molecular weight excluding hydrogens is 328 g/mol. The number of aromatic amines is 1. The van der Waals surface area contributed by atoms with Gasteiger partial charge < -0.3 is 10.7 Å². The van der Waals surface area contributed by atoms with Crippen LogP contribution in [-0.2, 0) is 22.0 Å². The van der Waals surface area contributed by atoms with E-state index in [0.717, 1.165) is 5.56 Å². The van der Waals surface area contributed by atoms with Crippen molar-refractivity contribution in [1.29, 1.82) is 0 Å². The maximum atomic E-state index is 12.3. The highest BCUT2D eigenvalue weighted by Gasteiger charge is 2.15. The summed E-state index contributed by atoms with van der Waals surface area (Å²) in [7, 11) is -0.831. The number of rotatable bonds is 3. The molecule has 0 spiro atoms. The molecule has 3 aromatic rings. The fourth-order valence-corrected chi connectivity index (χ4v) is 3.23. The molecule has 0 fully saturated rings. The average molecular weight is 344 g/mol. The molecule has 1 atom stereocenters. The third kappa shape index (κ3) is 3.11. The van der Waals surface area contributed by atoms with Crippen molar-refractivity contribution in [3.63, 3.8) is 0 Å². The van der Waals surface area contributed by atoms with E-state index in [2.05, 4.69) is 19.3 Å². The van der Waals surface area contributed by atoms with E-state index in [4.69, 9.17) is 5.73 Å². The molecule has 3 N–H and O–H groups in total. The number of carbonyl (C=O) groups is 1. The summed E-state index contributed by atoms with van der Waals surface area (Å²) in [6.07, 6.45) is 1.73. The Balaban J connectivity index is 2.16. The van der Waals surface area contributed by atoms with Crippen LogP contribution in [0.25, 0.3) is 11.2 Å². The van der Waals surface area contributed by atoms with Gasteiger partial charge >= 0.3 is 5.69 Å². The summed E-state index contributed by atoms with van der Waals surface area (Å²) >= 11 is 0. The number of fused-ring (bicyclic) bond motifs is 1. The van der Waals surface area contributed by atoms with Gasteiger partial charge in [0.2, 0.25) is 11.1 Å². The van der Waals surface area contributed by atoms with Gasteiger partial charge in [0.15, 0.2) is 11.5 Å². The van der Waals surface area contributed by atoms with Gasteiger partial charge in [0, 0.05) is 13.2 Å². The second-order valence-electron chi connectivity index (χ2n) is 5.18. The van der Waals surface area contributed by atoms with Crippen LogP contribution >= 0.6 is 0 Å². The Bertz CT molecular complexity index is 1010. The van der Waals surface area contributed by atoms with Crippen molar-refractivity contribution in [2.24, 2.45) is 4.36 Å². The lowest BCUT2D eigenvalue weighted by Gasteiger charge is -2.06. The molecule has 1 aromatic carbocycles. The van der Waals surface area contributed by atoms with Crippen LogP contribution < -0.4 is 11.4 Å². The first-order valence-corrected chi connectivity index (χ1v) is 8.73. The van der Waals surface area contributed by atoms with Crippen LogP contribution in [0.3, 0.4) is 0 Å². The fourth-order valence-electron chi connectivity index (χ4n) is 2.31. The Kier molecular flexibility index (Phi) is 4.26. The van der Waals surface area contributed by atoms with Gasteiger partial charge in [-0.05, 0) is 16.3 Å². The number of nitrogens with one attached hydrogen (secondary N) is 1. The van der Waals surface area contributed by atoms with E-state index in [-0.39, 0.29) is 17.4 Å². The lowest BCUT2D eigenvalue weighted by Crippen LogP contribution is -2.18. The van der Waals surface area contributed by atoms with E-state index in [9.17, 15) is 9.59 Å². The van der Waals surface area contributed by atoms with Crippen molar-refractivity contribution in [3.8, 4) is 0 Å². The number of benzene rings is 1. The number of carbonyl (C=O) groups excluding carboxylic acids is 1. The summed E-state index contributed by atoms with van der Waals surface area (Å²) in [5.74, 6) is -0.143. The van der Waals surface area contributed by atoms with Crippen molar-refractivity contribution >= 4 is 33.6 Å². The minimum atomic E-state index is -0.831. The molecule has 0 saturated heterocycles. The van der Waals surface area contributed by atoms with Crippen LogP contribution in [0.5, 0.6) is 0 Å². The molecule has 124 valence electrons. The van der Waals surface area contributed by atoms with Gasteiger partial charge in [0.05, 0.1) is 6.54 Å². The highest BCUT2D eigenvalue weighted by Crippen LogP contribution is 2.17. The quantitative estimate of drug-likeness (QED) is 0.689. The number of imidazole rings is 1. The van der Waals surface area contributed by atoms with Gasteiger partial charge in [-0.3, -0.25) is 9.36 Å². The molecule has 24 heavy (non-hydrogen) atoms. The van der Waals surface area contributed by atoms with Crippen molar-refractivity contribution in [1.82, 2.24) is 19.5 Å². The van der Waals surface area contributed by atoms with Gasteiger partial charge in [-0.15, -0.1) is 0 Å². The number of anilines is 1. The molecule has 0 bridgehead atoms. The normalized spacial score (nSPS) is 12.6. The third-order valence-electron chi connectivity index (χ3n) is 3.34. The first-order valence-electron chi connectivity index (χ1n) is 7.14. The second kappa shape index (κ2) is 6.36. The topological polar surface area (TPSA) is 119 Å². The summed E-state index contributed by atoms with van der Waals surface area (Å²) in [5, 5.41) is 0.330. The molecule has 3 rings (SSSR count). The predicted molar refractivity (Wildman–Crippen MR) is 92.8 cm³/mol. The Morgan fingerprint density at radius 1 is 1.33 bits per heavy atom. The maximum absolute atomic E-state index is 12.3. The number of nitrogens with two attached hydrogens (primary N) is 1. The summed E-state index contributed by atoms with van der Waals surface area (Å²) in [6.45, 7) is 1.73. The number of aromatic nitrogens is 4. The highest BCUT2D eigenvalue weighted by molar-refractivity contribution is 7.86. The van der Waals surface area contributed by atoms with Crippen LogP contribution in [0.4, 0.5) is 5.82 Å². The molecule has 1 unspecified atom stereocenters. The molecule has 0 aliphatic heterocycles. The van der Waals surface area contributed by atoms with Gasteiger partial charge in [0.1, 0.15) is 5.52 Å². The van der Waals surface area contributed by atoms with E-state index in [1.165, 1.54) is 11.5 Å². The number of hydrogen-bond acceptors (Lipinski definition) is 5. The van der Waals surface area contributed by atoms with Crippen LogP contribution in [0.1, 0.15) is 12.5 Å². The molecule has 2 aromatic heterocycles. The standard InChI is InChI=1S/C15H16N6O2S/c1-9(22)20-24(2)14-18-12(16)11-13(19-14)21(15(23)17-11)8-10-6-4-3-5-7-10/h3-7H,8H2,1-2H3,(H,17,23)(H2,16,18,19). The van der Waals surface area contributed by atoms with Crippen LogP contribution in [0, 0.1) is 0 Å². The minimum Gasteiger partial charge on any atom is -0.382 e. The number of nitrogen functional groups attached to an aromatic ring is 1. The zero-order chi connectivity index (χ0) is 17.3. The number of amides is 1. The molecule has 0 aliphatic rings. The largest absolute Gasteiger partial charge is 0.382 e. The zero-order valence-corrected chi connectivity index (χ0v) is 14.0. The van der Waals surface area contributed by atoms with Gasteiger partial charge in [-0.2, -0.15) is 4.36 Å². The first-order chi connectivity index (χ1) is 11.5. The van der Waals surface area contributed by atoms with Crippen molar-refractivity contribution < 1.29 is 4.79 Å². The Labute approximate surface area is 139 Å². The minimum absolute atomic E-state index is 0.164. The number of nitrogens with zero attached hydrogens (tertiary/aromatic N) is 4. The van der Waals surface area contributed by atoms with Crippen LogP contribution in [0.2, 0.25) is 0 Å². The average Bonchev–Trinajstić information content (AvgIpc) is 2.85. The SMILES string of the molecule is CC(=O)N=S(C)c1nc(N)c2[nH]c(=O)n(Cc3ccccc3)c2n1. The Morgan fingerprint density at radius 2 is 2.04 bits per heavy atom. The highest BCUT2D eigenvalue weighted by atomic mass is 32.2. The molecular formula is C15H16N6O2S. The predicted octanol–water partition coefficient (Wildman–Crippen LogP) is 1.09. The molecule has 0 radical (unpaired) electrons. The van der Waals surface area contributed by atoms with Crippen molar-refractivity contribution in [2.45, 2.75) is 18.6 Å². The van der Waals surface area contributed by atoms with Crippen LogP contribution in [-0.4, -0.2) is 31.7 Å². The number of hydrogen-bond donors (Lipinski definition) is 2. The van der Waals surface area contributed by atoms with E-state index < -0.39 is 10.7 Å². The van der Waals surface area contributed by atoms with Gasteiger partial charge in [-0.25, -0.2) is 14.8 Å². The Morgan fingerprint density at radius 3 is 2.71 bits per heavy atom. The summed E-state index contributed by atoms with van der Waals surface area (Å²) in [6, 6.07) is 9.56. The lowest BCUT2D eigenvalue weighted by molar-refractivity contribution is -0.115. The molecule has 9 heteroatoms. The smallest absolute Gasteiger partial charge is 0.328 e. The third-order valence-corrected chi connectivity index (χ3v) is 4.59. The van der Waals surface area contributed by atoms with E-state index in [0.29, 0.717) is 22.9 Å². The summed E-state index contributed by atoms with van der Waals surface area (Å²) in [4.78, 5) is 34.7. The van der Waals surface area contributed by atoms with Crippen molar-refractivity contribution in [3.05, 3.63) is 46.4 Å². The molecule has 0 aliphatic carbocycles. The van der Waals surface area contributed by atoms with Crippen LogP contribution in [0.15, 0.2) is 44.6 Å². The maximum Gasteiger partial charge on any atom is 0.328 e. The molecule has 1 amide bonds. The van der Waals surface area contributed by atoms with E-state index in [1.54, 1.807) is 6.26 Å². The second-order valence-corrected chi connectivity index (χ2v) is 6.68. The first kappa shape index (κ1) is 16.1.